The number of anilines is 2. The number of hydrogen-bond acceptors (Lipinski definition) is 3. The maximum Gasteiger partial charge on any atom is 0.234 e. The highest BCUT2D eigenvalue weighted by Crippen LogP contribution is 2.22. The van der Waals surface area contributed by atoms with E-state index in [1.54, 1.807) is 30.3 Å². The van der Waals surface area contributed by atoms with Crippen LogP contribution in [0.3, 0.4) is 0 Å². The summed E-state index contributed by atoms with van der Waals surface area (Å²) in [6, 6.07) is 11.4. The highest BCUT2D eigenvalue weighted by atomic mass is 35.5. The van der Waals surface area contributed by atoms with Gasteiger partial charge < -0.3 is 11.1 Å². The quantitative estimate of drug-likeness (QED) is 0.667. The van der Waals surface area contributed by atoms with Crippen molar-refractivity contribution < 1.29 is 9.18 Å². The van der Waals surface area contributed by atoms with Crippen molar-refractivity contribution in [3.63, 3.8) is 0 Å². The second kappa shape index (κ2) is 6.63. The first-order valence-corrected chi connectivity index (χ1v) is 7.14. The Morgan fingerprint density at radius 1 is 1.30 bits per heavy atom. The number of thioether (sulfide) groups is 1. The van der Waals surface area contributed by atoms with Crippen LogP contribution in [0.5, 0.6) is 0 Å². The molecule has 2 aromatic carbocycles. The molecule has 0 saturated heterocycles. The summed E-state index contributed by atoms with van der Waals surface area (Å²) in [7, 11) is 0. The predicted molar refractivity (Wildman–Crippen MR) is 81.6 cm³/mol. The van der Waals surface area contributed by atoms with Crippen LogP contribution in [-0.4, -0.2) is 11.7 Å². The van der Waals surface area contributed by atoms with Gasteiger partial charge in [0.15, 0.2) is 0 Å². The maximum atomic E-state index is 13.2. The summed E-state index contributed by atoms with van der Waals surface area (Å²) >= 11 is 7.06. The number of halogens is 2. The summed E-state index contributed by atoms with van der Waals surface area (Å²) in [5.41, 5.74) is 6.11. The van der Waals surface area contributed by atoms with E-state index < -0.39 is 5.82 Å². The second-order valence-corrected chi connectivity index (χ2v) is 5.52. The molecule has 1 amide bonds. The highest BCUT2D eigenvalue weighted by molar-refractivity contribution is 8.00. The molecular weight excluding hydrogens is 299 g/mol. The van der Waals surface area contributed by atoms with Crippen LogP contribution in [0.4, 0.5) is 15.8 Å². The average molecular weight is 311 g/mol. The number of nitrogens with two attached hydrogens (primary N) is 1. The van der Waals surface area contributed by atoms with Gasteiger partial charge in [-0.3, -0.25) is 4.79 Å². The summed E-state index contributed by atoms with van der Waals surface area (Å²) in [6.07, 6.45) is 0. The van der Waals surface area contributed by atoms with Gasteiger partial charge in [0.2, 0.25) is 5.91 Å². The zero-order chi connectivity index (χ0) is 14.5. The molecule has 0 fully saturated rings. The predicted octanol–water partition coefficient (Wildman–Crippen LogP) is 3.79. The van der Waals surface area contributed by atoms with Gasteiger partial charge in [-0.2, -0.15) is 0 Å². The molecule has 0 aromatic heterocycles. The van der Waals surface area contributed by atoms with Gasteiger partial charge in [-0.1, -0.05) is 17.7 Å². The Bertz CT molecular complexity index is 636. The SMILES string of the molecule is Nc1ccc(SCC(=O)Nc2cccc(Cl)c2)cc1F. The minimum Gasteiger partial charge on any atom is -0.396 e. The topological polar surface area (TPSA) is 55.1 Å². The van der Waals surface area contributed by atoms with Gasteiger partial charge in [0.25, 0.3) is 0 Å². The fourth-order valence-electron chi connectivity index (χ4n) is 1.51. The van der Waals surface area contributed by atoms with E-state index in [-0.39, 0.29) is 17.3 Å². The molecule has 0 radical (unpaired) electrons. The Labute approximate surface area is 125 Å². The second-order valence-electron chi connectivity index (χ2n) is 4.03. The van der Waals surface area contributed by atoms with Gasteiger partial charge in [-0.15, -0.1) is 11.8 Å². The van der Waals surface area contributed by atoms with Crippen LogP contribution >= 0.6 is 23.4 Å². The molecule has 20 heavy (non-hydrogen) atoms. The van der Waals surface area contributed by atoms with E-state index >= 15 is 0 Å². The first-order chi connectivity index (χ1) is 9.54. The van der Waals surface area contributed by atoms with Crippen molar-refractivity contribution in [1.29, 1.82) is 0 Å². The van der Waals surface area contributed by atoms with Crippen molar-refractivity contribution in [1.82, 2.24) is 0 Å². The van der Waals surface area contributed by atoms with Gasteiger partial charge in [-0.05, 0) is 36.4 Å². The molecule has 0 aliphatic heterocycles. The molecule has 0 unspecified atom stereocenters. The number of nitrogen functional groups attached to an aromatic ring is 1. The molecule has 2 aromatic rings. The van der Waals surface area contributed by atoms with E-state index in [4.69, 9.17) is 17.3 Å². The van der Waals surface area contributed by atoms with Crippen LogP contribution in [-0.2, 0) is 4.79 Å². The minimum atomic E-state index is -0.481. The summed E-state index contributed by atoms with van der Waals surface area (Å²) in [5, 5.41) is 3.27. The first-order valence-electron chi connectivity index (χ1n) is 5.78. The van der Waals surface area contributed by atoms with Crippen molar-refractivity contribution in [3.05, 3.63) is 53.3 Å². The summed E-state index contributed by atoms with van der Waals surface area (Å²) < 4.78 is 13.2. The average Bonchev–Trinajstić information content (AvgIpc) is 2.40. The Morgan fingerprint density at radius 3 is 2.80 bits per heavy atom. The highest BCUT2D eigenvalue weighted by Gasteiger charge is 2.06. The molecule has 0 spiro atoms. The van der Waals surface area contributed by atoms with Gasteiger partial charge in [-0.25, -0.2) is 4.39 Å². The van der Waals surface area contributed by atoms with Crippen LogP contribution in [0.25, 0.3) is 0 Å². The number of hydrogen-bond donors (Lipinski definition) is 2. The molecule has 6 heteroatoms. The third-order valence-corrected chi connectivity index (χ3v) is 3.68. The molecule has 2 rings (SSSR count). The van der Waals surface area contributed by atoms with Crippen LogP contribution in [0.1, 0.15) is 0 Å². The van der Waals surface area contributed by atoms with Crippen molar-refractivity contribution in [2.75, 3.05) is 16.8 Å². The molecule has 0 saturated carbocycles. The molecule has 0 bridgehead atoms. The van der Waals surface area contributed by atoms with E-state index in [9.17, 15) is 9.18 Å². The van der Waals surface area contributed by atoms with E-state index in [0.717, 1.165) is 0 Å². The number of carbonyl (C=O) groups excluding carboxylic acids is 1. The number of amides is 1. The van der Waals surface area contributed by atoms with Crippen LogP contribution < -0.4 is 11.1 Å². The minimum absolute atomic E-state index is 0.0951. The summed E-state index contributed by atoms with van der Waals surface area (Å²) in [4.78, 5) is 12.4. The van der Waals surface area contributed by atoms with Crippen LogP contribution in [0, 0.1) is 5.82 Å². The molecule has 0 aliphatic rings. The standard InChI is InChI=1S/C14H12ClFN2OS/c15-9-2-1-3-10(6-9)18-14(19)8-20-11-4-5-13(17)12(16)7-11/h1-7H,8,17H2,(H,18,19). The lowest BCUT2D eigenvalue weighted by molar-refractivity contribution is -0.113. The Morgan fingerprint density at radius 2 is 2.10 bits per heavy atom. The Hall–Kier alpha value is -1.72. The van der Waals surface area contributed by atoms with E-state index in [1.165, 1.54) is 23.9 Å². The lowest BCUT2D eigenvalue weighted by Gasteiger charge is -2.06. The molecule has 0 heterocycles. The molecular formula is C14H12ClFN2OS. The Balaban J connectivity index is 1.90. The summed E-state index contributed by atoms with van der Waals surface area (Å²) in [5.74, 6) is -0.490. The monoisotopic (exact) mass is 310 g/mol. The summed E-state index contributed by atoms with van der Waals surface area (Å²) in [6.45, 7) is 0. The molecule has 3 N–H and O–H groups in total. The fraction of sp³-hybridized carbons (Fsp3) is 0.0714. The van der Waals surface area contributed by atoms with Gasteiger partial charge >= 0.3 is 0 Å². The number of rotatable bonds is 4. The van der Waals surface area contributed by atoms with Crippen LogP contribution in [0.15, 0.2) is 47.4 Å². The third-order valence-electron chi connectivity index (χ3n) is 2.45. The van der Waals surface area contributed by atoms with Crippen molar-refractivity contribution in [2.45, 2.75) is 4.90 Å². The normalized spacial score (nSPS) is 10.3. The lowest BCUT2D eigenvalue weighted by atomic mass is 10.3. The number of benzene rings is 2. The van der Waals surface area contributed by atoms with Gasteiger partial charge in [0.05, 0.1) is 11.4 Å². The Kier molecular flexibility index (Phi) is 4.87. The number of nitrogens with one attached hydrogen (secondary N) is 1. The molecule has 0 aliphatic carbocycles. The van der Waals surface area contributed by atoms with E-state index in [1.807, 2.05) is 0 Å². The van der Waals surface area contributed by atoms with E-state index in [0.29, 0.717) is 15.6 Å². The van der Waals surface area contributed by atoms with E-state index in [2.05, 4.69) is 5.32 Å². The number of carbonyl (C=O) groups is 1. The van der Waals surface area contributed by atoms with Crippen molar-refractivity contribution in [3.8, 4) is 0 Å². The smallest absolute Gasteiger partial charge is 0.234 e. The molecule has 0 atom stereocenters. The van der Waals surface area contributed by atoms with Crippen molar-refractivity contribution in [2.24, 2.45) is 0 Å². The lowest BCUT2D eigenvalue weighted by Crippen LogP contribution is -2.13. The van der Waals surface area contributed by atoms with Crippen molar-refractivity contribution >= 4 is 40.6 Å². The van der Waals surface area contributed by atoms with Crippen LogP contribution in [0.2, 0.25) is 5.02 Å². The maximum absolute atomic E-state index is 13.2. The molecule has 104 valence electrons. The largest absolute Gasteiger partial charge is 0.396 e. The van der Waals surface area contributed by atoms with Gasteiger partial charge in [0.1, 0.15) is 5.82 Å². The third kappa shape index (κ3) is 4.15. The zero-order valence-corrected chi connectivity index (χ0v) is 12.0. The fourth-order valence-corrected chi connectivity index (χ4v) is 2.42. The zero-order valence-electron chi connectivity index (χ0n) is 10.4. The molecule has 3 nitrogen and oxygen atoms in total. The van der Waals surface area contributed by atoms with Gasteiger partial charge in [0, 0.05) is 15.6 Å². The first kappa shape index (κ1) is 14.7.